The van der Waals surface area contributed by atoms with E-state index in [-0.39, 0.29) is 19.2 Å². The number of benzene rings is 1. The lowest BCUT2D eigenvalue weighted by atomic mass is 9.72. The normalized spacial score (nSPS) is 15.1. The van der Waals surface area contributed by atoms with Crippen LogP contribution in [0.1, 0.15) is 53.0 Å². The number of aliphatic hydroxyl groups is 1. The van der Waals surface area contributed by atoms with Crippen LogP contribution in [0.4, 0.5) is 0 Å². The molecular formula is C20H30O5. The van der Waals surface area contributed by atoms with E-state index in [4.69, 9.17) is 9.47 Å². The lowest BCUT2D eigenvalue weighted by Crippen LogP contribution is -2.39. The molecule has 1 rings (SSSR count). The second kappa shape index (κ2) is 8.99. The van der Waals surface area contributed by atoms with E-state index in [0.717, 1.165) is 5.56 Å². The summed E-state index contributed by atoms with van der Waals surface area (Å²) in [6, 6.07) is 9.48. The SMILES string of the molecule is CCC(C)(CC(C)(C)C(=O)OCC(C)O)C(=O)OCc1ccccc1. The molecule has 25 heavy (non-hydrogen) atoms. The Labute approximate surface area is 150 Å². The zero-order chi connectivity index (χ0) is 19.1. The van der Waals surface area contributed by atoms with E-state index in [1.807, 2.05) is 44.2 Å². The molecule has 0 heterocycles. The molecule has 140 valence electrons. The Morgan fingerprint density at radius 2 is 1.68 bits per heavy atom. The van der Waals surface area contributed by atoms with Crippen molar-refractivity contribution in [3.63, 3.8) is 0 Å². The van der Waals surface area contributed by atoms with Crippen LogP contribution >= 0.6 is 0 Å². The zero-order valence-corrected chi connectivity index (χ0v) is 15.9. The maximum atomic E-state index is 12.6. The summed E-state index contributed by atoms with van der Waals surface area (Å²) >= 11 is 0. The number of aliphatic hydroxyl groups excluding tert-OH is 1. The highest BCUT2D eigenvalue weighted by molar-refractivity contribution is 5.80. The number of ether oxygens (including phenoxy) is 2. The van der Waals surface area contributed by atoms with E-state index in [0.29, 0.717) is 12.8 Å². The second-order valence-electron chi connectivity index (χ2n) is 7.48. The van der Waals surface area contributed by atoms with Gasteiger partial charge in [0.15, 0.2) is 0 Å². The molecule has 0 bridgehead atoms. The Bertz CT molecular complexity index is 565. The molecule has 1 aromatic rings. The lowest BCUT2D eigenvalue weighted by molar-refractivity contribution is -0.165. The van der Waals surface area contributed by atoms with Gasteiger partial charge in [-0.1, -0.05) is 37.3 Å². The summed E-state index contributed by atoms with van der Waals surface area (Å²) in [6.45, 7) is 8.92. The van der Waals surface area contributed by atoms with Crippen LogP contribution in [0.15, 0.2) is 30.3 Å². The van der Waals surface area contributed by atoms with Crippen molar-refractivity contribution in [1.29, 1.82) is 0 Å². The maximum Gasteiger partial charge on any atom is 0.312 e. The van der Waals surface area contributed by atoms with Gasteiger partial charge in [0.25, 0.3) is 0 Å². The minimum atomic E-state index is -0.856. The summed E-state index contributed by atoms with van der Waals surface area (Å²) in [6.07, 6.45) is 0.143. The summed E-state index contributed by atoms with van der Waals surface area (Å²) in [5.41, 5.74) is -0.724. The molecule has 0 spiro atoms. The van der Waals surface area contributed by atoms with Crippen LogP contribution in [-0.2, 0) is 25.7 Å². The van der Waals surface area contributed by atoms with Crippen molar-refractivity contribution in [1.82, 2.24) is 0 Å². The molecule has 0 aliphatic rings. The number of hydrogen-bond acceptors (Lipinski definition) is 5. The van der Waals surface area contributed by atoms with Crippen LogP contribution in [-0.4, -0.2) is 29.8 Å². The highest BCUT2D eigenvalue weighted by Gasteiger charge is 2.43. The van der Waals surface area contributed by atoms with Crippen LogP contribution in [0.2, 0.25) is 0 Å². The smallest absolute Gasteiger partial charge is 0.312 e. The summed E-state index contributed by atoms with van der Waals surface area (Å²) in [7, 11) is 0. The molecule has 0 aliphatic carbocycles. The van der Waals surface area contributed by atoms with Crippen LogP contribution in [0.25, 0.3) is 0 Å². The average Bonchev–Trinajstić information content (AvgIpc) is 2.57. The van der Waals surface area contributed by atoms with Gasteiger partial charge in [-0.25, -0.2) is 0 Å². The van der Waals surface area contributed by atoms with Gasteiger partial charge in [-0.05, 0) is 46.1 Å². The van der Waals surface area contributed by atoms with Crippen LogP contribution in [0.5, 0.6) is 0 Å². The molecule has 0 amide bonds. The molecule has 1 N–H and O–H groups in total. The lowest BCUT2D eigenvalue weighted by Gasteiger charge is -2.33. The van der Waals surface area contributed by atoms with Crippen LogP contribution in [0.3, 0.4) is 0 Å². The minimum Gasteiger partial charge on any atom is -0.463 e. The second-order valence-corrected chi connectivity index (χ2v) is 7.48. The third kappa shape index (κ3) is 6.50. The van der Waals surface area contributed by atoms with Gasteiger partial charge in [-0.2, -0.15) is 0 Å². The number of carbonyl (C=O) groups excluding carboxylic acids is 2. The van der Waals surface area contributed by atoms with Gasteiger partial charge in [0, 0.05) is 0 Å². The van der Waals surface area contributed by atoms with Crippen molar-refractivity contribution < 1.29 is 24.2 Å². The van der Waals surface area contributed by atoms with Crippen molar-refractivity contribution in [2.45, 2.75) is 60.2 Å². The topological polar surface area (TPSA) is 72.8 Å². The van der Waals surface area contributed by atoms with Crippen molar-refractivity contribution in [3.8, 4) is 0 Å². The zero-order valence-electron chi connectivity index (χ0n) is 15.9. The molecule has 0 aromatic heterocycles. The van der Waals surface area contributed by atoms with E-state index in [1.165, 1.54) is 0 Å². The molecule has 0 saturated carbocycles. The Morgan fingerprint density at radius 1 is 1.08 bits per heavy atom. The van der Waals surface area contributed by atoms with E-state index in [1.54, 1.807) is 20.8 Å². The molecule has 2 unspecified atom stereocenters. The molecule has 0 aliphatic heterocycles. The van der Waals surface area contributed by atoms with Gasteiger partial charge in [0.2, 0.25) is 0 Å². The molecule has 1 aromatic carbocycles. The van der Waals surface area contributed by atoms with E-state index in [2.05, 4.69) is 0 Å². The van der Waals surface area contributed by atoms with Crippen LogP contribution < -0.4 is 0 Å². The van der Waals surface area contributed by atoms with Gasteiger partial charge in [0.1, 0.15) is 13.2 Å². The third-order valence-electron chi connectivity index (χ3n) is 4.33. The molecule has 5 heteroatoms. The first-order valence-electron chi connectivity index (χ1n) is 8.67. The largest absolute Gasteiger partial charge is 0.463 e. The summed E-state index contributed by atoms with van der Waals surface area (Å²) in [5, 5.41) is 9.26. The van der Waals surface area contributed by atoms with Gasteiger partial charge in [-0.15, -0.1) is 0 Å². The molecule has 0 radical (unpaired) electrons. The first-order valence-corrected chi connectivity index (χ1v) is 8.67. The van der Waals surface area contributed by atoms with Crippen molar-refractivity contribution >= 4 is 11.9 Å². The minimum absolute atomic E-state index is 0.0520. The monoisotopic (exact) mass is 350 g/mol. The van der Waals surface area contributed by atoms with Crippen molar-refractivity contribution in [2.24, 2.45) is 10.8 Å². The van der Waals surface area contributed by atoms with Crippen molar-refractivity contribution in [2.75, 3.05) is 6.61 Å². The standard InChI is InChI=1S/C20H30O5/c1-6-20(5,14-19(3,4)17(22)24-12-15(2)21)18(23)25-13-16-10-8-7-9-11-16/h7-11,15,21H,6,12-14H2,1-5H3. The molecule has 0 fully saturated rings. The first-order chi connectivity index (χ1) is 11.6. The summed E-state index contributed by atoms with van der Waals surface area (Å²) < 4.78 is 10.6. The average molecular weight is 350 g/mol. The maximum absolute atomic E-state index is 12.6. The van der Waals surface area contributed by atoms with Gasteiger partial charge in [-0.3, -0.25) is 9.59 Å². The van der Waals surface area contributed by atoms with Crippen molar-refractivity contribution in [3.05, 3.63) is 35.9 Å². The van der Waals surface area contributed by atoms with Crippen LogP contribution in [0, 0.1) is 10.8 Å². The fourth-order valence-electron chi connectivity index (χ4n) is 2.68. The highest BCUT2D eigenvalue weighted by Crippen LogP contribution is 2.38. The number of esters is 2. The van der Waals surface area contributed by atoms with Gasteiger partial charge >= 0.3 is 11.9 Å². The van der Waals surface area contributed by atoms with E-state index in [9.17, 15) is 14.7 Å². The predicted molar refractivity (Wildman–Crippen MR) is 95.7 cm³/mol. The first kappa shape index (κ1) is 21.2. The predicted octanol–water partition coefficient (Wildman–Crippen LogP) is 3.49. The van der Waals surface area contributed by atoms with Gasteiger partial charge in [0.05, 0.1) is 16.9 Å². The number of hydrogen-bond donors (Lipinski definition) is 1. The number of rotatable bonds is 9. The number of carbonyl (C=O) groups is 2. The Kier molecular flexibility index (Phi) is 7.61. The Hall–Kier alpha value is -1.88. The fourth-order valence-corrected chi connectivity index (χ4v) is 2.68. The molecule has 2 atom stereocenters. The van der Waals surface area contributed by atoms with Gasteiger partial charge < -0.3 is 14.6 Å². The Morgan fingerprint density at radius 3 is 2.20 bits per heavy atom. The molecule has 5 nitrogen and oxygen atoms in total. The Balaban J connectivity index is 2.72. The third-order valence-corrected chi connectivity index (χ3v) is 4.33. The quantitative estimate of drug-likeness (QED) is 0.690. The molecular weight excluding hydrogens is 320 g/mol. The molecule has 0 saturated heterocycles. The summed E-state index contributed by atoms with van der Waals surface area (Å²) in [5.74, 6) is -0.751. The fraction of sp³-hybridized carbons (Fsp3) is 0.600. The van der Waals surface area contributed by atoms with E-state index >= 15 is 0 Å². The summed E-state index contributed by atoms with van der Waals surface area (Å²) in [4.78, 5) is 24.9. The van der Waals surface area contributed by atoms with E-state index < -0.39 is 22.9 Å². The highest BCUT2D eigenvalue weighted by atomic mass is 16.5.